The number of hydrogen-bond acceptors (Lipinski definition) is 5. The van der Waals surface area contributed by atoms with E-state index in [1.165, 1.54) is 0 Å². The van der Waals surface area contributed by atoms with Crippen LogP contribution in [-0.4, -0.2) is 56.6 Å². The Morgan fingerprint density at radius 1 is 1.40 bits per heavy atom. The monoisotopic (exact) mass is 369 g/mol. The number of benzene rings is 1. The van der Waals surface area contributed by atoms with Gasteiger partial charge in [-0.2, -0.15) is 0 Å². The van der Waals surface area contributed by atoms with Gasteiger partial charge in [-0.1, -0.05) is 18.5 Å². The van der Waals surface area contributed by atoms with Gasteiger partial charge in [-0.15, -0.1) is 0 Å². The van der Waals surface area contributed by atoms with Crippen LogP contribution in [0.5, 0.6) is 11.5 Å². The van der Waals surface area contributed by atoms with E-state index < -0.39 is 0 Å². The zero-order chi connectivity index (χ0) is 17.9. The molecule has 0 radical (unpaired) electrons. The molecule has 1 N–H and O–H groups in total. The van der Waals surface area contributed by atoms with E-state index in [0.717, 1.165) is 51.3 Å². The van der Waals surface area contributed by atoms with Gasteiger partial charge in [-0.05, 0) is 24.5 Å². The summed E-state index contributed by atoms with van der Waals surface area (Å²) in [6.45, 7) is 6.94. The van der Waals surface area contributed by atoms with Gasteiger partial charge in [0.1, 0.15) is 0 Å². The van der Waals surface area contributed by atoms with Gasteiger partial charge in [0, 0.05) is 48.7 Å². The Bertz CT molecular complexity index is 597. The average Bonchev–Trinajstić information content (AvgIpc) is 3.00. The Hall–Kier alpha value is -1.01. The van der Waals surface area contributed by atoms with Crippen LogP contribution in [0, 0.1) is 11.3 Å². The van der Waals surface area contributed by atoms with Crippen molar-refractivity contribution in [3.05, 3.63) is 22.7 Å². The second-order valence-electron chi connectivity index (χ2n) is 7.15. The van der Waals surface area contributed by atoms with Gasteiger partial charge in [0.05, 0.1) is 26.9 Å². The number of rotatable bonds is 7. The molecule has 2 fully saturated rings. The molecule has 2 aliphatic rings. The molecule has 5 nitrogen and oxygen atoms in total. The number of fused-ring (bicyclic) bond motifs is 1. The average molecular weight is 370 g/mol. The molecule has 2 saturated heterocycles. The first-order valence-electron chi connectivity index (χ1n) is 9.02. The van der Waals surface area contributed by atoms with Gasteiger partial charge in [-0.3, -0.25) is 4.90 Å². The minimum absolute atomic E-state index is 0.0288. The van der Waals surface area contributed by atoms with Crippen molar-refractivity contribution >= 4 is 11.6 Å². The number of aliphatic hydroxyl groups excluding tert-OH is 1. The summed E-state index contributed by atoms with van der Waals surface area (Å²) in [7, 11) is 1.65. The lowest BCUT2D eigenvalue weighted by Crippen LogP contribution is -2.41. The topological polar surface area (TPSA) is 51.2 Å². The summed E-state index contributed by atoms with van der Waals surface area (Å²) in [6.07, 6.45) is 1.86. The highest BCUT2D eigenvalue weighted by atomic mass is 35.5. The lowest BCUT2D eigenvalue weighted by atomic mass is 9.75. The highest BCUT2D eigenvalue weighted by Crippen LogP contribution is 2.43. The predicted molar refractivity (Wildman–Crippen MR) is 97.5 cm³/mol. The van der Waals surface area contributed by atoms with E-state index in [0.29, 0.717) is 29.0 Å². The lowest BCUT2D eigenvalue weighted by Gasteiger charge is -2.36. The molecule has 2 aliphatic heterocycles. The summed E-state index contributed by atoms with van der Waals surface area (Å²) < 4.78 is 16.8. The van der Waals surface area contributed by atoms with E-state index in [1.807, 2.05) is 12.1 Å². The summed E-state index contributed by atoms with van der Waals surface area (Å²) >= 11 is 6.50. The number of ether oxygens (including phenoxy) is 3. The summed E-state index contributed by atoms with van der Waals surface area (Å²) in [6, 6.07) is 3.82. The van der Waals surface area contributed by atoms with Gasteiger partial charge in [-0.25, -0.2) is 0 Å². The van der Waals surface area contributed by atoms with E-state index in [9.17, 15) is 5.11 Å². The Labute approximate surface area is 154 Å². The van der Waals surface area contributed by atoms with Gasteiger partial charge >= 0.3 is 0 Å². The molecule has 6 heteroatoms. The van der Waals surface area contributed by atoms with Crippen molar-refractivity contribution < 1.29 is 19.3 Å². The number of methoxy groups -OCH3 is 1. The Balaban J connectivity index is 1.74. The Morgan fingerprint density at radius 2 is 2.24 bits per heavy atom. The molecule has 0 saturated carbocycles. The van der Waals surface area contributed by atoms with Gasteiger partial charge < -0.3 is 19.3 Å². The fraction of sp³-hybridized carbons (Fsp3) is 0.684. The number of halogens is 1. The second kappa shape index (κ2) is 8.12. The molecule has 0 unspecified atom stereocenters. The van der Waals surface area contributed by atoms with Gasteiger partial charge in [0.15, 0.2) is 11.5 Å². The standard InChI is InChI=1S/C19H28ClNO4/c1-3-5-25-18-8-16(20)14(7-17(18)23-2)9-21-10-15-11-24-6-4-19(15,12-21)13-22/h7-8,15,22H,3-6,9-13H2,1-2H3/t15-,19-/m1/s1. The highest BCUT2D eigenvalue weighted by molar-refractivity contribution is 6.31. The number of nitrogens with zero attached hydrogens (tertiary/aromatic N) is 1. The summed E-state index contributed by atoms with van der Waals surface area (Å²) in [5.41, 5.74) is 0.994. The summed E-state index contributed by atoms with van der Waals surface area (Å²) in [5.74, 6) is 1.79. The largest absolute Gasteiger partial charge is 0.493 e. The van der Waals surface area contributed by atoms with E-state index in [-0.39, 0.29) is 12.0 Å². The van der Waals surface area contributed by atoms with Crippen LogP contribution in [-0.2, 0) is 11.3 Å². The first-order chi connectivity index (χ1) is 12.1. The van der Waals surface area contributed by atoms with E-state index in [2.05, 4.69) is 11.8 Å². The van der Waals surface area contributed by atoms with Crippen LogP contribution < -0.4 is 9.47 Å². The third-order valence-corrected chi connectivity index (χ3v) is 5.80. The van der Waals surface area contributed by atoms with Crippen LogP contribution in [0.15, 0.2) is 12.1 Å². The minimum Gasteiger partial charge on any atom is -0.493 e. The zero-order valence-corrected chi connectivity index (χ0v) is 15.8. The molecular weight excluding hydrogens is 342 g/mol. The van der Waals surface area contributed by atoms with Crippen LogP contribution in [0.1, 0.15) is 25.3 Å². The summed E-state index contributed by atoms with van der Waals surface area (Å²) in [4.78, 5) is 2.36. The van der Waals surface area contributed by atoms with Crippen molar-refractivity contribution in [2.24, 2.45) is 11.3 Å². The van der Waals surface area contributed by atoms with Crippen LogP contribution in [0.2, 0.25) is 5.02 Å². The fourth-order valence-electron chi connectivity index (χ4n) is 3.96. The van der Waals surface area contributed by atoms with Crippen molar-refractivity contribution in [2.75, 3.05) is 46.6 Å². The third-order valence-electron chi connectivity index (χ3n) is 5.45. The van der Waals surface area contributed by atoms with Crippen LogP contribution in [0.25, 0.3) is 0 Å². The predicted octanol–water partition coefficient (Wildman–Crippen LogP) is 2.97. The van der Waals surface area contributed by atoms with Crippen LogP contribution in [0.4, 0.5) is 0 Å². The number of hydrogen-bond donors (Lipinski definition) is 1. The van der Waals surface area contributed by atoms with Crippen LogP contribution >= 0.6 is 11.6 Å². The molecule has 1 aromatic carbocycles. The normalized spacial score (nSPS) is 26.5. The van der Waals surface area contributed by atoms with Crippen molar-refractivity contribution in [3.8, 4) is 11.5 Å². The van der Waals surface area contributed by atoms with E-state index >= 15 is 0 Å². The first-order valence-corrected chi connectivity index (χ1v) is 9.40. The maximum atomic E-state index is 9.95. The molecule has 0 aliphatic carbocycles. The van der Waals surface area contributed by atoms with Gasteiger partial charge in [0.2, 0.25) is 0 Å². The maximum absolute atomic E-state index is 9.95. The SMILES string of the molecule is CCCOc1cc(Cl)c(CN2C[C@@H]3COCC[C@]3(CO)C2)cc1OC. The van der Waals surface area contributed by atoms with Crippen molar-refractivity contribution in [2.45, 2.75) is 26.3 Å². The smallest absolute Gasteiger partial charge is 0.162 e. The first kappa shape index (κ1) is 18.8. The van der Waals surface area contributed by atoms with Gasteiger partial charge in [0.25, 0.3) is 0 Å². The molecule has 0 spiro atoms. The molecule has 0 aromatic heterocycles. The van der Waals surface area contributed by atoms with Crippen molar-refractivity contribution in [1.29, 1.82) is 0 Å². The molecule has 2 heterocycles. The Kier molecular flexibility index (Phi) is 6.10. The molecular formula is C19H28ClNO4. The second-order valence-corrected chi connectivity index (χ2v) is 7.56. The fourth-order valence-corrected chi connectivity index (χ4v) is 4.17. The molecule has 2 atom stereocenters. The summed E-state index contributed by atoms with van der Waals surface area (Å²) in [5, 5.41) is 10.6. The van der Waals surface area contributed by atoms with E-state index in [1.54, 1.807) is 7.11 Å². The number of aliphatic hydroxyl groups is 1. The lowest BCUT2D eigenvalue weighted by molar-refractivity contribution is -0.0417. The molecule has 0 amide bonds. The van der Waals surface area contributed by atoms with E-state index in [4.69, 9.17) is 25.8 Å². The third kappa shape index (κ3) is 3.90. The van der Waals surface area contributed by atoms with Crippen LogP contribution in [0.3, 0.4) is 0 Å². The molecule has 3 rings (SSSR count). The molecule has 1 aromatic rings. The zero-order valence-electron chi connectivity index (χ0n) is 15.1. The molecule has 25 heavy (non-hydrogen) atoms. The quantitative estimate of drug-likeness (QED) is 0.800. The minimum atomic E-state index is -0.0288. The maximum Gasteiger partial charge on any atom is 0.162 e. The Morgan fingerprint density at radius 3 is 2.92 bits per heavy atom. The molecule has 0 bridgehead atoms. The molecule has 140 valence electrons. The highest BCUT2D eigenvalue weighted by Gasteiger charge is 2.47. The van der Waals surface area contributed by atoms with Crippen molar-refractivity contribution in [3.63, 3.8) is 0 Å². The van der Waals surface area contributed by atoms with Crippen molar-refractivity contribution in [1.82, 2.24) is 4.90 Å². The number of likely N-dealkylation sites (tertiary alicyclic amines) is 1.